The highest BCUT2D eigenvalue weighted by molar-refractivity contribution is 9.10. The van der Waals surface area contributed by atoms with Crippen molar-refractivity contribution >= 4 is 21.8 Å². The molecule has 1 aromatic heterocycles. The van der Waals surface area contributed by atoms with Crippen LogP contribution < -0.4 is 0 Å². The number of carbonyl (C=O) groups is 1. The zero-order chi connectivity index (χ0) is 14.8. The first-order chi connectivity index (χ1) is 10.1. The number of benzene rings is 1. The second-order valence-electron chi connectivity index (χ2n) is 5.27. The number of rotatable bonds is 2. The summed E-state index contributed by atoms with van der Waals surface area (Å²) in [6, 6.07) is 7.79. The van der Waals surface area contributed by atoms with Gasteiger partial charge in [-0.25, -0.2) is 0 Å². The van der Waals surface area contributed by atoms with Crippen molar-refractivity contribution in [2.45, 2.75) is 25.7 Å². The van der Waals surface area contributed by atoms with E-state index < -0.39 is 0 Å². The Labute approximate surface area is 131 Å². The maximum atomic E-state index is 11.5. The Morgan fingerprint density at radius 1 is 1.38 bits per heavy atom. The van der Waals surface area contributed by atoms with E-state index in [1.54, 1.807) is 6.92 Å². The number of aromatic nitrogens is 2. The minimum absolute atomic E-state index is 0.104. The van der Waals surface area contributed by atoms with Gasteiger partial charge in [-0.05, 0) is 37.1 Å². The monoisotopic (exact) mass is 349 g/mol. The van der Waals surface area contributed by atoms with Crippen LogP contribution in [0.2, 0.25) is 0 Å². The van der Waals surface area contributed by atoms with Crippen LogP contribution in [0.15, 0.2) is 33.3 Å². The molecule has 1 aliphatic heterocycles. The van der Waals surface area contributed by atoms with Crippen LogP contribution in [0.1, 0.15) is 31.6 Å². The van der Waals surface area contributed by atoms with Crippen LogP contribution in [0.5, 0.6) is 0 Å². The zero-order valence-corrected chi connectivity index (χ0v) is 13.3. The van der Waals surface area contributed by atoms with E-state index in [4.69, 9.17) is 4.52 Å². The first-order valence-electron chi connectivity index (χ1n) is 6.98. The summed E-state index contributed by atoms with van der Waals surface area (Å²) in [5, 5.41) is 4.06. The van der Waals surface area contributed by atoms with E-state index in [-0.39, 0.29) is 11.8 Å². The molecule has 1 fully saturated rings. The van der Waals surface area contributed by atoms with Crippen molar-refractivity contribution in [3.05, 3.63) is 34.6 Å². The van der Waals surface area contributed by atoms with Crippen molar-refractivity contribution in [1.82, 2.24) is 15.0 Å². The van der Waals surface area contributed by atoms with Gasteiger partial charge >= 0.3 is 0 Å². The van der Waals surface area contributed by atoms with Gasteiger partial charge in [-0.3, -0.25) is 4.79 Å². The molecule has 0 N–H and O–H groups in total. The number of nitrogens with zero attached hydrogens (tertiary/aromatic N) is 3. The molecule has 0 bridgehead atoms. The third-order valence-electron chi connectivity index (χ3n) is 3.76. The number of halogens is 1. The molecule has 21 heavy (non-hydrogen) atoms. The van der Waals surface area contributed by atoms with Crippen LogP contribution in [0.3, 0.4) is 0 Å². The summed E-state index contributed by atoms with van der Waals surface area (Å²) in [4.78, 5) is 17.8. The molecular weight excluding hydrogens is 334 g/mol. The third kappa shape index (κ3) is 3.15. The van der Waals surface area contributed by atoms with E-state index in [0.717, 1.165) is 29.4 Å². The summed E-state index contributed by atoms with van der Waals surface area (Å²) in [5.41, 5.74) is 0.924. The number of hydrogen-bond acceptors (Lipinski definition) is 4. The Bertz CT molecular complexity index is 639. The Hall–Kier alpha value is -1.69. The highest BCUT2D eigenvalue weighted by atomic mass is 79.9. The molecule has 1 amide bonds. The summed E-state index contributed by atoms with van der Waals surface area (Å²) in [5.74, 6) is 1.46. The number of piperidine rings is 1. The van der Waals surface area contributed by atoms with Gasteiger partial charge in [0.05, 0.1) is 5.92 Å². The highest BCUT2D eigenvalue weighted by Crippen LogP contribution is 2.27. The molecule has 1 unspecified atom stereocenters. The van der Waals surface area contributed by atoms with Crippen molar-refractivity contribution in [3.63, 3.8) is 0 Å². The summed E-state index contributed by atoms with van der Waals surface area (Å²) in [6.45, 7) is 3.08. The fraction of sp³-hybridized carbons (Fsp3) is 0.400. The topological polar surface area (TPSA) is 59.2 Å². The van der Waals surface area contributed by atoms with Gasteiger partial charge in [-0.15, -0.1) is 0 Å². The largest absolute Gasteiger partial charge is 0.342 e. The molecule has 0 spiro atoms. The van der Waals surface area contributed by atoms with E-state index in [1.807, 2.05) is 29.2 Å². The molecule has 0 radical (unpaired) electrons. The Balaban J connectivity index is 1.78. The number of carbonyl (C=O) groups excluding carboxylic acids is 1. The average Bonchev–Trinajstić information content (AvgIpc) is 2.98. The van der Waals surface area contributed by atoms with Crippen LogP contribution >= 0.6 is 15.9 Å². The number of amides is 1. The van der Waals surface area contributed by atoms with E-state index >= 15 is 0 Å². The third-order valence-corrected chi connectivity index (χ3v) is 4.29. The zero-order valence-electron chi connectivity index (χ0n) is 11.8. The Kier molecular flexibility index (Phi) is 4.05. The van der Waals surface area contributed by atoms with Crippen molar-refractivity contribution in [3.8, 4) is 11.4 Å². The predicted octanol–water partition coefficient (Wildman–Crippen LogP) is 3.23. The van der Waals surface area contributed by atoms with Gasteiger partial charge < -0.3 is 9.42 Å². The maximum absolute atomic E-state index is 11.5. The minimum atomic E-state index is 0.104. The van der Waals surface area contributed by atoms with Gasteiger partial charge in [0.1, 0.15) is 0 Å². The van der Waals surface area contributed by atoms with Gasteiger partial charge in [-0.2, -0.15) is 4.98 Å². The normalized spacial score (nSPS) is 18.8. The molecule has 5 nitrogen and oxygen atoms in total. The smallest absolute Gasteiger partial charge is 0.231 e. The van der Waals surface area contributed by atoms with Gasteiger partial charge in [0, 0.05) is 30.0 Å². The van der Waals surface area contributed by atoms with E-state index in [0.29, 0.717) is 18.3 Å². The maximum Gasteiger partial charge on any atom is 0.231 e. The average molecular weight is 350 g/mol. The Morgan fingerprint density at radius 3 is 2.86 bits per heavy atom. The van der Waals surface area contributed by atoms with Crippen molar-refractivity contribution in [1.29, 1.82) is 0 Å². The van der Waals surface area contributed by atoms with Gasteiger partial charge in [-0.1, -0.05) is 21.1 Å². The SMILES string of the molecule is CC(=O)N1CCCC(c2nc(-c3ccc(Br)cc3)no2)C1. The van der Waals surface area contributed by atoms with Gasteiger partial charge in [0.15, 0.2) is 0 Å². The summed E-state index contributed by atoms with van der Waals surface area (Å²) >= 11 is 3.40. The van der Waals surface area contributed by atoms with Crippen molar-refractivity contribution in [2.75, 3.05) is 13.1 Å². The summed E-state index contributed by atoms with van der Waals surface area (Å²) in [7, 11) is 0. The molecule has 2 aromatic rings. The lowest BCUT2D eigenvalue weighted by atomic mass is 9.98. The molecule has 0 saturated carbocycles. The lowest BCUT2D eigenvalue weighted by molar-refractivity contribution is -0.130. The first kappa shape index (κ1) is 14.3. The molecule has 0 aliphatic carbocycles. The standard InChI is InChI=1S/C15H16BrN3O2/c1-10(20)19-8-2-3-12(9-19)15-17-14(18-21-15)11-4-6-13(16)7-5-11/h4-7,12H,2-3,8-9H2,1H3. The molecule has 6 heteroatoms. The summed E-state index contributed by atoms with van der Waals surface area (Å²) < 4.78 is 6.42. The molecule has 1 saturated heterocycles. The fourth-order valence-corrected chi connectivity index (χ4v) is 2.85. The van der Waals surface area contributed by atoms with Crippen LogP contribution in [0, 0.1) is 0 Å². The molecular formula is C15H16BrN3O2. The predicted molar refractivity (Wildman–Crippen MR) is 81.7 cm³/mol. The first-order valence-corrected chi connectivity index (χ1v) is 7.78. The molecule has 1 aliphatic rings. The van der Waals surface area contributed by atoms with E-state index in [2.05, 4.69) is 26.1 Å². The lowest BCUT2D eigenvalue weighted by Crippen LogP contribution is -2.37. The van der Waals surface area contributed by atoms with Gasteiger partial charge in [0.2, 0.25) is 17.6 Å². The number of hydrogen-bond donors (Lipinski definition) is 0. The quantitative estimate of drug-likeness (QED) is 0.834. The second kappa shape index (κ2) is 5.97. The van der Waals surface area contributed by atoms with Crippen LogP contribution in [-0.4, -0.2) is 34.0 Å². The Morgan fingerprint density at radius 2 is 2.14 bits per heavy atom. The lowest BCUT2D eigenvalue weighted by Gasteiger charge is -2.29. The van der Waals surface area contributed by atoms with Crippen LogP contribution in [-0.2, 0) is 4.79 Å². The summed E-state index contributed by atoms with van der Waals surface area (Å²) in [6.07, 6.45) is 1.95. The molecule has 1 aromatic carbocycles. The molecule has 1 atom stereocenters. The number of likely N-dealkylation sites (tertiary alicyclic amines) is 1. The van der Waals surface area contributed by atoms with Crippen LogP contribution in [0.4, 0.5) is 0 Å². The van der Waals surface area contributed by atoms with Crippen molar-refractivity contribution < 1.29 is 9.32 Å². The van der Waals surface area contributed by atoms with E-state index in [1.165, 1.54) is 0 Å². The van der Waals surface area contributed by atoms with Crippen molar-refractivity contribution in [2.24, 2.45) is 0 Å². The van der Waals surface area contributed by atoms with E-state index in [9.17, 15) is 4.79 Å². The molecule has 3 rings (SSSR count). The van der Waals surface area contributed by atoms with Gasteiger partial charge in [0.25, 0.3) is 0 Å². The highest BCUT2D eigenvalue weighted by Gasteiger charge is 2.27. The fourth-order valence-electron chi connectivity index (χ4n) is 2.58. The molecule has 110 valence electrons. The molecule has 2 heterocycles. The van der Waals surface area contributed by atoms with Crippen LogP contribution in [0.25, 0.3) is 11.4 Å². The second-order valence-corrected chi connectivity index (χ2v) is 6.18. The minimum Gasteiger partial charge on any atom is -0.342 e.